The van der Waals surface area contributed by atoms with E-state index in [9.17, 15) is 0 Å². The van der Waals surface area contributed by atoms with Crippen LogP contribution in [0.4, 0.5) is 17.1 Å². The van der Waals surface area contributed by atoms with Crippen LogP contribution >= 0.6 is 0 Å². The Balaban J connectivity index is 1.27. The van der Waals surface area contributed by atoms with E-state index in [1.807, 2.05) is 18.2 Å². The smallest absolute Gasteiger partial charge is 0.137 e. The number of nitrogens with zero attached hydrogens (tertiary/aromatic N) is 1. The van der Waals surface area contributed by atoms with Gasteiger partial charge in [-0.3, -0.25) is 0 Å². The van der Waals surface area contributed by atoms with E-state index in [1.165, 1.54) is 27.1 Å². The minimum Gasteiger partial charge on any atom is -0.456 e. The third kappa shape index (κ3) is 4.68. The molecule has 2 aromatic heterocycles. The normalized spacial score (nSPS) is 11.8. The molecule has 0 amide bonds. The van der Waals surface area contributed by atoms with E-state index in [0.717, 1.165) is 77.6 Å². The highest BCUT2D eigenvalue weighted by Crippen LogP contribution is 2.50. The number of hydrogen-bond donors (Lipinski definition) is 0. The molecule has 248 valence electrons. The van der Waals surface area contributed by atoms with Gasteiger partial charge in [0, 0.05) is 44.5 Å². The molecule has 0 saturated heterocycles. The molecule has 0 aliphatic carbocycles. The van der Waals surface area contributed by atoms with Gasteiger partial charge >= 0.3 is 0 Å². The zero-order valence-electron chi connectivity index (χ0n) is 28.7. The molecule has 0 fully saturated rings. The van der Waals surface area contributed by atoms with Crippen LogP contribution in [0.3, 0.4) is 0 Å². The molecule has 2 heterocycles. The maximum Gasteiger partial charge on any atom is 0.137 e. The number of rotatable bonds is 5. The van der Waals surface area contributed by atoms with Gasteiger partial charge in [-0.1, -0.05) is 127 Å². The van der Waals surface area contributed by atoms with Crippen LogP contribution in [0.25, 0.3) is 87.7 Å². The second-order valence-electron chi connectivity index (χ2n) is 13.7. The summed E-state index contributed by atoms with van der Waals surface area (Å²) in [6.45, 7) is 0. The largest absolute Gasteiger partial charge is 0.456 e. The van der Waals surface area contributed by atoms with E-state index in [-0.39, 0.29) is 0 Å². The minimum absolute atomic E-state index is 0.848. The van der Waals surface area contributed by atoms with E-state index in [2.05, 4.69) is 175 Å². The van der Waals surface area contributed by atoms with Gasteiger partial charge in [0.1, 0.15) is 22.3 Å². The Hall–Kier alpha value is -7.10. The van der Waals surface area contributed by atoms with E-state index in [1.54, 1.807) is 0 Å². The van der Waals surface area contributed by atoms with Crippen molar-refractivity contribution in [3.8, 4) is 22.3 Å². The highest BCUT2D eigenvalue weighted by molar-refractivity contribution is 6.22. The fraction of sp³-hybridized carbons (Fsp3) is 0. The highest BCUT2D eigenvalue weighted by Gasteiger charge is 2.25. The predicted octanol–water partition coefficient (Wildman–Crippen LogP) is 14.6. The van der Waals surface area contributed by atoms with Crippen LogP contribution in [0.15, 0.2) is 197 Å². The molecule has 0 bridgehead atoms. The van der Waals surface area contributed by atoms with Crippen LogP contribution in [0, 0.1) is 0 Å². The van der Waals surface area contributed by atoms with Crippen molar-refractivity contribution in [1.82, 2.24) is 0 Å². The Labute approximate surface area is 305 Å². The van der Waals surface area contributed by atoms with Gasteiger partial charge in [0.15, 0.2) is 0 Å². The molecule has 0 N–H and O–H groups in total. The Morgan fingerprint density at radius 1 is 0.340 bits per heavy atom. The number of anilines is 3. The topological polar surface area (TPSA) is 29.5 Å². The molecule has 0 aliphatic heterocycles. The van der Waals surface area contributed by atoms with Gasteiger partial charge in [-0.25, -0.2) is 0 Å². The van der Waals surface area contributed by atoms with Crippen molar-refractivity contribution in [2.75, 3.05) is 4.90 Å². The van der Waals surface area contributed by atoms with Crippen LogP contribution in [0.5, 0.6) is 0 Å². The summed E-state index contributed by atoms with van der Waals surface area (Å²) in [5.74, 6) is 0. The number of para-hydroxylation sites is 2. The molecule has 0 aliphatic rings. The van der Waals surface area contributed by atoms with Crippen LogP contribution in [0.2, 0.25) is 0 Å². The van der Waals surface area contributed by atoms with E-state index in [0.29, 0.717) is 0 Å². The maximum atomic E-state index is 6.60. The average Bonchev–Trinajstić information content (AvgIpc) is 3.79. The lowest BCUT2D eigenvalue weighted by Crippen LogP contribution is -2.11. The molecule has 0 atom stereocenters. The quantitative estimate of drug-likeness (QED) is 0.170. The molecule has 0 saturated carbocycles. The third-order valence-corrected chi connectivity index (χ3v) is 10.6. The van der Waals surface area contributed by atoms with Crippen molar-refractivity contribution in [3.05, 3.63) is 188 Å². The Kier molecular flexibility index (Phi) is 6.55. The number of fused-ring (bicyclic) bond motifs is 9. The summed E-state index contributed by atoms with van der Waals surface area (Å²) < 4.78 is 13.1. The van der Waals surface area contributed by atoms with Crippen molar-refractivity contribution >= 4 is 82.5 Å². The first-order valence-corrected chi connectivity index (χ1v) is 18.0. The molecular formula is C50H31NO2. The molecular weight excluding hydrogens is 647 g/mol. The van der Waals surface area contributed by atoms with E-state index < -0.39 is 0 Å². The highest BCUT2D eigenvalue weighted by atomic mass is 16.3. The molecule has 9 aromatic carbocycles. The van der Waals surface area contributed by atoms with Crippen LogP contribution < -0.4 is 4.90 Å². The lowest BCUT2D eigenvalue weighted by molar-refractivity contribution is 0.668. The van der Waals surface area contributed by atoms with E-state index >= 15 is 0 Å². The number of benzene rings is 9. The van der Waals surface area contributed by atoms with Crippen LogP contribution in [-0.2, 0) is 0 Å². The van der Waals surface area contributed by atoms with Gasteiger partial charge in [0.05, 0.1) is 5.69 Å². The third-order valence-electron chi connectivity index (χ3n) is 10.6. The van der Waals surface area contributed by atoms with Gasteiger partial charge in [-0.05, 0) is 92.8 Å². The van der Waals surface area contributed by atoms with Crippen molar-refractivity contribution in [1.29, 1.82) is 0 Å². The summed E-state index contributed by atoms with van der Waals surface area (Å²) in [7, 11) is 0. The minimum atomic E-state index is 0.848. The monoisotopic (exact) mass is 677 g/mol. The summed E-state index contributed by atoms with van der Waals surface area (Å²) in [6.07, 6.45) is 0. The SMILES string of the molecule is c1ccc(-c2cccc(N(c3ccc4c(c3)oc3ccccc34)c3ccc4oc5ccccc5c4c3-c3cc4ccccc4c4ccccc34)c2)cc1. The second-order valence-corrected chi connectivity index (χ2v) is 13.7. The number of furan rings is 2. The van der Waals surface area contributed by atoms with Crippen LogP contribution in [-0.4, -0.2) is 0 Å². The molecule has 11 rings (SSSR count). The van der Waals surface area contributed by atoms with Crippen molar-refractivity contribution in [2.45, 2.75) is 0 Å². The maximum absolute atomic E-state index is 6.60. The Morgan fingerprint density at radius 2 is 0.962 bits per heavy atom. The zero-order chi connectivity index (χ0) is 34.9. The van der Waals surface area contributed by atoms with Crippen molar-refractivity contribution in [3.63, 3.8) is 0 Å². The molecule has 11 aromatic rings. The summed E-state index contributed by atoms with van der Waals surface area (Å²) in [4.78, 5) is 2.39. The number of hydrogen-bond acceptors (Lipinski definition) is 3. The first-order chi connectivity index (χ1) is 26.3. The van der Waals surface area contributed by atoms with Gasteiger partial charge in [-0.15, -0.1) is 0 Å². The van der Waals surface area contributed by atoms with E-state index in [4.69, 9.17) is 8.83 Å². The van der Waals surface area contributed by atoms with Crippen LogP contribution in [0.1, 0.15) is 0 Å². The predicted molar refractivity (Wildman–Crippen MR) is 222 cm³/mol. The van der Waals surface area contributed by atoms with Gasteiger partial charge < -0.3 is 13.7 Å². The first kappa shape index (κ1) is 29.6. The molecule has 3 nitrogen and oxygen atoms in total. The van der Waals surface area contributed by atoms with Gasteiger partial charge in [-0.2, -0.15) is 0 Å². The fourth-order valence-corrected chi connectivity index (χ4v) is 8.26. The second kappa shape index (κ2) is 11.7. The standard InChI is InChI=1S/C50H31NO2/c1-2-13-32(14-3-1)33-16-12-17-35(29-33)51(36-25-26-41-40-21-8-10-23-45(40)53-48(41)31-36)44-27-28-47-50(42-22-9-11-24-46(42)52-47)49(44)43-30-34-15-4-5-18-37(34)38-19-6-7-20-39(38)43/h1-31H. The molecule has 53 heavy (non-hydrogen) atoms. The average molecular weight is 678 g/mol. The molecule has 3 heteroatoms. The Bertz CT molecular complexity index is 3190. The Morgan fingerprint density at radius 3 is 1.81 bits per heavy atom. The van der Waals surface area contributed by atoms with Crippen molar-refractivity contribution < 1.29 is 8.83 Å². The van der Waals surface area contributed by atoms with Crippen molar-refractivity contribution in [2.24, 2.45) is 0 Å². The molecule has 0 spiro atoms. The molecule has 0 unspecified atom stereocenters. The lowest BCUT2D eigenvalue weighted by atomic mass is 9.89. The summed E-state index contributed by atoms with van der Waals surface area (Å²) in [5, 5.41) is 9.22. The zero-order valence-corrected chi connectivity index (χ0v) is 28.7. The van der Waals surface area contributed by atoms with Gasteiger partial charge in [0.2, 0.25) is 0 Å². The first-order valence-electron chi connectivity index (χ1n) is 18.0. The summed E-state index contributed by atoms with van der Waals surface area (Å²) >= 11 is 0. The lowest BCUT2D eigenvalue weighted by Gasteiger charge is -2.29. The summed E-state index contributed by atoms with van der Waals surface area (Å²) in [5.41, 5.74) is 11.1. The summed E-state index contributed by atoms with van der Waals surface area (Å²) in [6, 6.07) is 66.8. The molecule has 0 radical (unpaired) electrons. The fourth-order valence-electron chi connectivity index (χ4n) is 8.26. The van der Waals surface area contributed by atoms with Gasteiger partial charge in [0.25, 0.3) is 0 Å².